The molecular weight excluding hydrogens is 489 g/mol. The van der Waals surface area contributed by atoms with Crippen molar-refractivity contribution >= 4 is 17.3 Å². The van der Waals surface area contributed by atoms with Crippen molar-refractivity contribution in [2.45, 2.75) is 26.6 Å². The number of amides is 1. The van der Waals surface area contributed by atoms with Crippen LogP contribution in [0.5, 0.6) is 0 Å². The molecule has 1 amide bonds. The van der Waals surface area contributed by atoms with Gasteiger partial charge < -0.3 is 24.1 Å². The van der Waals surface area contributed by atoms with Crippen LogP contribution in [-0.4, -0.2) is 41.3 Å². The average Bonchev–Trinajstić information content (AvgIpc) is 2.87. The molecule has 0 unspecified atom stereocenters. The molecule has 1 saturated heterocycles. The molecule has 1 aromatic carbocycles. The van der Waals surface area contributed by atoms with Gasteiger partial charge in [-0.25, -0.2) is 0 Å². The van der Waals surface area contributed by atoms with Gasteiger partial charge in [0.2, 0.25) is 0 Å². The fraction of sp³-hybridized carbons (Fsp3) is 0.346. The number of alkyl halides is 3. The predicted octanol–water partition coefficient (Wildman–Crippen LogP) is 3.65. The highest BCUT2D eigenvalue weighted by atomic mass is 19.4. The minimum atomic E-state index is -4.89. The molecule has 1 aliphatic rings. The Bertz CT molecular complexity index is 1450. The van der Waals surface area contributed by atoms with Crippen LogP contribution in [0.4, 0.5) is 24.5 Å². The first-order valence-electron chi connectivity index (χ1n) is 11.8. The van der Waals surface area contributed by atoms with E-state index in [2.05, 4.69) is 5.32 Å². The highest BCUT2D eigenvalue weighted by Crippen LogP contribution is 2.29. The monoisotopic (exact) mass is 516 g/mol. The summed E-state index contributed by atoms with van der Waals surface area (Å²) in [6.45, 7) is 5.69. The predicted molar refractivity (Wildman–Crippen MR) is 134 cm³/mol. The van der Waals surface area contributed by atoms with Crippen LogP contribution < -0.4 is 21.3 Å². The largest absolute Gasteiger partial charge is 0.421 e. The Morgan fingerprint density at radius 2 is 1.76 bits per heavy atom. The van der Waals surface area contributed by atoms with Gasteiger partial charge in [-0.15, -0.1) is 0 Å². The first-order valence-corrected chi connectivity index (χ1v) is 11.8. The van der Waals surface area contributed by atoms with Gasteiger partial charge in [0.1, 0.15) is 11.3 Å². The lowest BCUT2D eigenvalue weighted by atomic mass is 10.0. The summed E-state index contributed by atoms with van der Waals surface area (Å²) >= 11 is 0. The molecule has 1 aliphatic heterocycles. The van der Waals surface area contributed by atoms with Gasteiger partial charge in [0, 0.05) is 44.1 Å². The van der Waals surface area contributed by atoms with Crippen molar-refractivity contribution in [3.63, 3.8) is 0 Å². The molecule has 3 aromatic rings. The number of benzene rings is 1. The van der Waals surface area contributed by atoms with E-state index in [1.165, 1.54) is 11.5 Å². The van der Waals surface area contributed by atoms with E-state index in [9.17, 15) is 27.6 Å². The molecule has 0 atom stereocenters. The van der Waals surface area contributed by atoms with Crippen molar-refractivity contribution in [2.24, 2.45) is 7.05 Å². The van der Waals surface area contributed by atoms with Crippen LogP contribution in [-0.2, 0) is 24.5 Å². The fourth-order valence-electron chi connectivity index (χ4n) is 4.31. The highest BCUT2D eigenvalue weighted by Gasteiger charge is 2.35. The van der Waals surface area contributed by atoms with E-state index in [-0.39, 0.29) is 17.7 Å². The van der Waals surface area contributed by atoms with E-state index >= 15 is 0 Å². The number of halogens is 3. The zero-order valence-corrected chi connectivity index (χ0v) is 20.7. The fourth-order valence-corrected chi connectivity index (χ4v) is 4.31. The summed E-state index contributed by atoms with van der Waals surface area (Å²) in [4.78, 5) is 40.0. The molecule has 4 rings (SSSR count). The summed E-state index contributed by atoms with van der Waals surface area (Å²) in [5.74, 6) is -0.793. The van der Waals surface area contributed by atoms with E-state index in [1.807, 2.05) is 17.9 Å². The molecule has 0 spiro atoms. The lowest BCUT2D eigenvalue weighted by Gasteiger charge is -2.28. The third kappa shape index (κ3) is 5.31. The molecular formula is C26H27F3N4O4. The smallest absolute Gasteiger partial charge is 0.378 e. The molecule has 3 heterocycles. The standard InChI is InChI=1S/C26H27F3N4O4/c1-4-32-15-17(13-20(24(32)35)26(27,28)29)23(34)30-18-6-5-16(2)19(14-18)21-7-8-22(25(36)31(21)3)33-9-11-37-12-10-33/h5-8,13-15H,4,9-12H2,1-3H3,(H,30,34). The summed E-state index contributed by atoms with van der Waals surface area (Å²) in [7, 11) is 1.67. The van der Waals surface area contributed by atoms with Crippen LogP contribution in [0.3, 0.4) is 0 Å². The van der Waals surface area contributed by atoms with Gasteiger partial charge >= 0.3 is 6.18 Å². The molecule has 0 radical (unpaired) electrons. The van der Waals surface area contributed by atoms with Gasteiger partial charge in [0.15, 0.2) is 0 Å². The summed E-state index contributed by atoms with van der Waals surface area (Å²) < 4.78 is 47.8. The summed E-state index contributed by atoms with van der Waals surface area (Å²) in [6, 6.07) is 9.19. The Balaban J connectivity index is 1.67. The quantitative estimate of drug-likeness (QED) is 0.560. The number of carbonyl (C=O) groups is 1. The Kier molecular flexibility index (Phi) is 7.26. The second-order valence-corrected chi connectivity index (χ2v) is 8.78. The third-order valence-electron chi connectivity index (χ3n) is 6.40. The molecule has 0 bridgehead atoms. The maximum atomic E-state index is 13.4. The van der Waals surface area contributed by atoms with Crippen molar-refractivity contribution in [1.29, 1.82) is 0 Å². The Labute approximate surface area is 210 Å². The molecule has 0 aliphatic carbocycles. The van der Waals surface area contributed by atoms with E-state index in [0.717, 1.165) is 16.3 Å². The lowest BCUT2D eigenvalue weighted by Crippen LogP contribution is -2.40. The van der Waals surface area contributed by atoms with E-state index in [0.29, 0.717) is 55.0 Å². The van der Waals surface area contributed by atoms with Gasteiger partial charge in [0.05, 0.1) is 24.5 Å². The lowest BCUT2D eigenvalue weighted by molar-refractivity contribution is -0.139. The second kappa shape index (κ2) is 10.3. The molecule has 1 N–H and O–H groups in total. The van der Waals surface area contributed by atoms with E-state index < -0.39 is 23.2 Å². The van der Waals surface area contributed by atoms with Crippen molar-refractivity contribution in [2.75, 3.05) is 36.5 Å². The molecule has 0 saturated carbocycles. The minimum Gasteiger partial charge on any atom is -0.378 e. The van der Waals surface area contributed by atoms with Crippen molar-refractivity contribution in [1.82, 2.24) is 9.13 Å². The molecule has 37 heavy (non-hydrogen) atoms. The number of aromatic nitrogens is 2. The van der Waals surface area contributed by atoms with Gasteiger partial charge in [-0.05, 0) is 49.7 Å². The first-order chi connectivity index (χ1) is 17.5. The van der Waals surface area contributed by atoms with Crippen molar-refractivity contribution < 1.29 is 22.7 Å². The molecule has 2 aromatic heterocycles. The van der Waals surface area contributed by atoms with Gasteiger partial charge in [-0.2, -0.15) is 13.2 Å². The normalized spacial score (nSPS) is 14.1. The first kappa shape index (κ1) is 26.2. The van der Waals surface area contributed by atoms with Crippen LogP contribution in [0, 0.1) is 6.92 Å². The molecule has 8 nitrogen and oxygen atoms in total. The SMILES string of the molecule is CCn1cc(C(=O)Nc2ccc(C)c(-c3ccc(N4CCOCC4)c(=O)n3C)c2)cc(C(F)(F)F)c1=O. The van der Waals surface area contributed by atoms with Gasteiger partial charge in [-0.3, -0.25) is 14.4 Å². The van der Waals surface area contributed by atoms with Crippen molar-refractivity contribution in [3.05, 3.63) is 80.0 Å². The van der Waals surface area contributed by atoms with Crippen molar-refractivity contribution in [3.8, 4) is 11.3 Å². The zero-order chi connectivity index (χ0) is 26.9. The zero-order valence-electron chi connectivity index (χ0n) is 20.7. The summed E-state index contributed by atoms with van der Waals surface area (Å²) in [6.07, 6.45) is -3.78. The second-order valence-electron chi connectivity index (χ2n) is 8.78. The van der Waals surface area contributed by atoms with E-state index in [4.69, 9.17) is 4.74 Å². The third-order valence-corrected chi connectivity index (χ3v) is 6.40. The van der Waals surface area contributed by atoms with Crippen LogP contribution in [0.1, 0.15) is 28.4 Å². The highest BCUT2D eigenvalue weighted by molar-refractivity contribution is 6.04. The topological polar surface area (TPSA) is 85.6 Å². The summed E-state index contributed by atoms with van der Waals surface area (Å²) in [5, 5.41) is 2.61. The van der Waals surface area contributed by atoms with Crippen LogP contribution >= 0.6 is 0 Å². The van der Waals surface area contributed by atoms with Crippen LogP contribution in [0.15, 0.2) is 52.2 Å². The number of hydrogen-bond donors (Lipinski definition) is 1. The summed E-state index contributed by atoms with van der Waals surface area (Å²) in [5.41, 5.74) is -0.0253. The number of nitrogens with zero attached hydrogens (tertiary/aromatic N) is 3. The molecule has 1 fully saturated rings. The van der Waals surface area contributed by atoms with Crippen LogP contribution in [0.25, 0.3) is 11.3 Å². The van der Waals surface area contributed by atoms with Crippen LogP contribution in [0.2, 0.25) is 0 Å². The Morgan fingerprint density at radius 3 is 2.41 bits per heavy atom. The number of carbonyl (C=O) groups excluding carboxylic acids is 1. The number of morpholine rings is 1. The van der Waals surface area contributed by atoms with E-state index in [1.54, 1.807) is 31.3 Å². The number of ether oxygens (including phenoxy) is 1. The number of pyridine rings is 2. The maximum absolute atomic E-state index is 13.4. The minimum absolute atomic E-state index is 0.0216. The average molecular weight is 517 g/mol. The number of anilines is 2. The Hall–Kier alpha value is -3.86. The Morgan fingerprint density at radius 1 is 1.05 bits per heavy atom. The van der Waals surface area contributed by atoms with Gasteiger partial charge in [-0.1, -0.05) is 6.07 Å². The number of nitrogens with one attached hydrogen (secondary N) is 1. The molecule has 11 heteroatoms. The number of rotatable bonds is 5. The van der Waals surface area contributed by atoms with Gasteiger partial charge in [0.25, 0.3) is 17.0 Å². The number of hydrogen-bond acceptors (Lipinski definition) is 5. The molecule has 196 valence electrons. The maximum Gasteiger partial charge on any atom is 0.421 e. The number of aryl methyl sites for hydroxylation is 2.